The lowest BCUT2D eigenvalue weighted by Gasteiger charge is -2.00. The third kappa shape index (κ3) is 5.22. The lowest BCUT2D eigenvalue weighted by molar-refractivity contribution is 0.305. The van der Waals surface area contributed by atoms with Crippen LogP contribution >= 0.6 is 11.8 Å². The summed E-state index contributed by atoms with van der Waals surface area (Å²) >= 11 is 1.71. The topological polar surface area (TPSA) is 40.5 Å². The average Bonchev–Trinajstić information content (AvgIpc) is 2.30. The Hall–Kier alpha value is -0.950. The van der Waals surface area contributed by atoms with E-state index in [0.717, 1.165) is 17.1 Å². The van der Waals surface area contributed by atoms with E-state index in [9.17, 15) is 0 Å². The van der Waals surface area contributed by atoms with Gasteiger partial charge in [0.25, 0.3) is 0 Å². The molecular formula is C13H16O2S. The fraction of sp³-hybridized carbons (Fsp3) is 0.385. The number of thioether (sulfide) groups is 1. The minimum absolute atomic E-state index is 0.110. The zero-order valence-corrected chi connectivity index (χ0v) is 9.96. The van der Waals surface area contributed by atoms with E-state index in [2.05, 4.69) is 24.0 Å². The van der Waals surface area contributed by atoms with Crippen molar-refractivity contribution in [2.24, 2.45) is 0 Å². The quantitative estimate of drug-likeness (QED) is 0.603. The Morgan fingerprint density at radius 2 is 2.06 bits per heavy atom. The fourth-order valence-corrected chi connectivity index (χ4v) is 1.90. The number of aliphatic hydroxyl groups is 2. The molecule has 0 aromatic heterocycles. The van der Waals surface area contributed by atoms with Gasteiger partial charge in [-0.3, -0.25) is 0 Å². The Kier molecular flexibility index (Phi) is 6.75. The maximum atomic E-state index is 8.68. The Balaban J connectivity index is 2.54. The van der Waals surface area contributed by atoms with Crippen LogP contribution in [0.15, 0.2) is 24.3 Å². The highest BCUT2D eigenvalue weighted by molar-refractivity contribution is 7.98. The first-order valence-corrected chi connectivity index (χ1v) is 6.39. The summed E-state index contributed by atoms with van der Waals surface area (Å²) in [6.45, 7) is 0.333. The van der Waals surface area contributed by atoms with Crippen molar-refractivity contribution < 1.29 is 10.2 Å². The van der Waals surface area contributed by atoms with Gasteiger partial charge in [0.15, 0.2) is 0 Å². The van der Waals surface area contributed by atoms with Crippen LogP contribution in [-0.2, 0) is 5.75 Å². The first-order chi connectivity index (χ1) is 7.86. The highest BCUT2D eigenvalue weighted by Crippen LogP contribution is 2.12. The molecular weight excluding hydrogens is 220 g/mol. The van der Waals surface area contributed by atoms with Crippen LogP contribution in [0, 0.1) is 11.8 Å². The summed E-state index contributed by atoms with van der Waals surface area (Å²) in [4.78, 5) is 0. The molecule has 16 heavy (non-hydrogen) atoms. The van der Waals surface area contributed by atoms with Gasteiger partial charge in [-0.05, 0) is 17.7 Å². The molecule has 0 amide bonds. The van der Waals surface area contributed by atoms with E-state index in [0.29, 0.717) is 6.42 Å². The summed E-state index contributed by atoms with van der Waals surface area (Å²) in [5.74, 6) is 7.57. The number of benzene rings is 1. The highest BCUT2D eigenvalue weighted by atomic mass is 32.2. The minimum atomic E-state index is 0.110. The van der Waals surface area contributed by atoms with Crippen molar-refractivity contribution in [2.45, 2.75) is 12.2 Å². The molecule has 3 heteroatoms. The van der Waals surface area contributed by atoms with Crippen LogP contribution < -0.4 is 0 Å². The first kappa shape index (κ1) is 13.1. The second-order valence-electron chi connectivity index (χ2n) is 3.25. The van der Waals surface area contributed by atoms with Gasteiger partial charge in [0, 0.05) is 23.5 Å². The summed E-state index contributed by atoms with van der Waals surface area (Å²) in [6.07, 6.45) is 0.517. The molecule has 0 spiro atoms. The van der Waals surface area contributed by atoms with Gasteiger partial charge in [-0.1, -0.05) is 24.0 Å². The molecule has 0 radical (unpaired) electrons. The van der Waals surface area contributed by atoms with Crippen molar-refractivity contribution in [3.63, 3.8) is 0 Å². The lowest BCUT2D eigenvalue weighted by Crippen LogP contribution is -1.88. The molecule has 0 heterocycles. The van der Waals surface area contributed by atoms with Crippen LogP contribution in [0.1, 0.15) is 17.5 Å². The Morgan fingerprint density at radius 3 is 2.81 bits per heavy atom. The third-order valence-electron chi connectivity index (χ3n) is 1.90. The zero-order valence-electron chi connectivity index (χ0n) is 9.15. The van der Waals surface area contributed by atoms with Gasteiger partial charge >= 0.3 is 0 Å². The molecule has 0 atom stereocenters. The molecule has 1 aromatic rings. The maximum absolute atomic E-state index is 8.68. The van der Waals surface area contributed by atoms with Crippen molar-refractivity contribution in [3.8, 4) is 11.8 Å². The van der Waals surface area contributed by atoms with E-state index < -0.39 is 0 Å². The van der Waals surface area contributed by atoms with Crippen LogP contribution in [0.25, 0.3) is 0 Å². The largest absolute Gasteiger partial charge is 0.396 e. The van der Waals surface area contributed by atoms with Gasteiger partial charge in [0.1, 0.15) is 0 Å². The summed E-state index contributed by atoms with van der Waals surface area (Å²) in [7, 11) is 0. The molecule has 1 aromatic carbocycles. The van der Waals surface area contributed by atoms with Crippen LogP contribution in [0.3, 0.4) is 0 Å². The first-order valence-electron chi connectivity index (χ1n) is 5.24. The normalized spacial score (nSPS) is 9.62. The second kappa shape index (κ2) is 8.23. The maximum Gasteiger partial charge on any atom is 0.0540 e. The number of hydrogen-bond acceptors (Lipinski definition) is 3. The number of rotatable bonds is 5. The van der Waals surface area contributed by atoms with Gasteiger partial charge in [-0.25, -0.2) is 0 Å². The van der Waals surface area contributed by atoms with Gasteiger partial charge in [-0.15, -0.1) is 0 Å². The second-order valence-corrected chi connectivity index (χ2v) is 4.36. The van der Waals surface area contributed by atoms with E-state index in [1.54, 1.807) is 11.8 Å². The van der Waals surface area contributed by atoms with E-state index in [-0.39, 0.29) is 13.2 Å². The fourth-order valence-electron chi connectivity index (χ4n) is 1.21. The van der Waals surface area contributed by atoms with Gasteiger partial charge in [-0.2, -0.15) is 11.8 Å². The van der Waals surface area contributed by atoms with Gasteiger partial charge < -0.3 is 10.2 Å². The predicted octanol–water partition coefficient (Wildman–Crippen LogP) is 1.65. The summed E-state index contributed by atoms with van der Waals surface area (Å²) in [6, 6.07) is 8.05. The van der Waals surface area contributed by atoms with Crippen molar-refractivity contribution in [1.82, 2.24) is 0 Å². The van der Waals surface area contributed by atoms with Crippen LogP contribution in [0.5, 0.6) is 0 Å². The van der Waals surface area contributed by atoms with Crippen molar-refractivity contribution >= 4 is 11.8 Å². The molecule has 0 aliphatic heterocycles. The van der Waals surface area contributed by atoms with Crippen molar-refractivity contribution in [3.05, 3.63) is 35.4 Å². The standard InChI is InChI=1S/C13H16O2S/c14-7-2-1-4-12-5-3-6-13(10-12)11-16-9-8-15/h3,5-6,10,14-15H,2,7-9,11H2. The molecule has 0 bridgehead atoms. The van der Waals surface area contributed by atoms with Crippen LogP contribution in [0.2, 0.25) is 0 Å². The Bertz CT molecular complexity index is 366. The van der Waals surface area contributed by atoms with E-state index >= 15 is 0 Å². The molecule has 0 unspecified atom stereocenters. The van der Waals surface area contributed by atoms with E-state index in [1.807, 2.05) is 12.1 Å². The SMILES string of the molecule is OCCC#Cc1cccc(CSCCO)c1. The van der Waals surface area contributed by atoms with E-state index in [1.165, 1.54) is 5.56 Å². The summed E-state index contributed by atoms with van der Waals surface area (Å²) in [5.41, 5.74) is 2.20. The molecule has 0 saturated heterocycles. The third-order valence-corrected chi connectivity index (χ3v) is 2.91. The van der Waals surface area contributed by atoms with Crippen molar-refractivity contribution in [1.29, 1.82) is 0 Å². The molecule has 2 N–H and O–H groups in total. The minimum Gasteiger partial charge on any atom is -0.396 e. The molecule has 0 aliphatic carbocycles. The number of hydrogen-bond donors (Lipinski definition) is 2. The molecule has 1 rings (SSSR count). The predicted molar refractivity (Wildman–Crippen MR) is 68.3 cm³/mol. The average molecular weight is 236 g/mol. The lowest BCUT2D eigenvalue weighted by atomic mass is 10.1. The van der Waals surface area contributed by atoms with Crippen molar-refractivity contribution in [2.75, 3.05) is 19.0 Å². The molecule has 0 aliphatic rings. The highest BCUT2D eigenvalue weighted by Gasteiger charge is 1.94. The van der Waals surface area contributed by atoms with E-state index in [4.69, 9.17) is 10.2 Å². The molecule has 0 saturated carbocycles. The molecule has 86 valence electrons. The van der Waals surface area contributed by atoms with Crippen LogP contribution in [0.4, 0.5) is 0 Å². The summed E-state index contributed by atoms with van der Waals surface area (Å²) in [5, 5.41) is 17.3. The molecule has 2 nitrogen and oxygen atoms in total. The Labute approximate surface area is 101 Å². The monoisotopic (exact) mass is 236 g/mol. The Morgan fingerprint density at radius 1 is 1.19 bits per heavy atom. The summed E-state index contributed by atoms with van der Waals surface area (Å²) < 4.78 is 0. The molecule has 0 fully saturated rings. The van der Waals surface area contributed by atoms with Gasteiger partial charge in [0.2, 0.25) is 0 Å². The van der Waals surface area contributed by atoms with Crippen LogP contribution in [-0.4, -0.2) is 29.2 Å². The number of aliphatic hydroxyl groups excluding tert-OH is 2. The smallest absolute Gasteiger partial charge is 0.0540 e. The van der Waals surface area contributed by atoms with Gasteiger partial charge in [0.05, 0.1) is 13.2 Å². The zero-order chi connectivity index (χ0) is 11.6.